The molecule has 2 rings (SSSR count). The summed E-state index contributed by atoms with van der Waals surface area (Å²) in [4.78, 5) is 0. The Hall–Kier alpha value is -1.77. The fraction of sp³-hybridized carbons (Fsp3) is 0.250. The van der Waals surface area contributed by atoms with Crippen molar-refractivity contribution >= 4 is 0 Å². The molecule has 2 aromatic rings. The quantitative estimate of drug-likeness (QED) is 0.746. The molecule has 1 aromatic heterocycles. The van der Waals surface area contributed by atoms with Crippen LogP contribution in [0.1, 0.15) is 11.1 Å². The molecule has 3 nitrogen and oxygen atoms in total. The minimum atomic E-state index is 0.698. The third-order valence-corrected chi connectivity index (χ3v) is 2.27. The summed E-state index contributed by atoms with van der Waals surface area (Å²) >= 11 is 0. The highest BCUT2D eigenvalue weighted by Crippen LogP contribution is 2.24. The Labute approximate surface area is 89.3 Å². The Kier molecular flexibility index (Phi) is 2.46. The van der Waals surface area contributed by atoms with Gasteiger partial charge in [0, 0.05) is 13.1 Å². The molecule has 0 N–H and O–H groups in total. The molecular weight excluding hydrogens is 188 g/mol. The lowest BCUT2D eigenvalue weighted by molar-refractivity contribution is 0.427. The maximum absolute atomic E-state index is 5.73. The van der Waals surface area contributed by atoms with Gasteiger partial charge in [-0.25, -0.2) is 4.68 Å². The van der Waals surface area contributed by atoms with Gasteiger partial charge >= 0.3 is 0 Å². The topological polar surface area (TPSA) is 27.1 Å². The van der Waals surface area contributed by atoms with Crippen molar-refractivity contribution in [2.45, 2.75) is 13.8 Å². The molecule has 0 spiro atoms. The molecule has 1 radical (unpaired) electrons. The summed E-state index contributed by atoms with van der Waals surface area (Å²) in [5.41, 5.74) is 2.29. The van der Waals surface area contributed by atoms with E-state index in [1.807, 2.05) is 33.0 Å². The Morgan fingerprint density at radius 1 is 1.33 bits per heavy atom. The molecule has 0 bridgehead atoms. The van der Waals surface area contributed by atoms with Gasteiger partial charge in [-0.05, 0) is 31.0 Å². The molecule has 0 saturated heterocycles. The molecule has 0 fully saturated rings. The lowest BCUT2D eigenvalue weighted by Gasteiger charge is -2.08. The largest absolute Gasteiger partial charge is 0.439 e. The van der Waals surface area contributed by atoms with Gasteiger partial charge in [-0.1, -0.05) is 12.1 Å². The minimum Gasteiger partial charge on any atom is -0.439 e. The molecule has 0 atom stereocenters. The van der Waals surface area contributed by atoms with E-state index in [0.29, 0.717) is 5.88 Å². The van der Waals surface area contributed by atoms with E-state index >= 15 is 0 Å². The van der Waals surface area contributed by atoms with Crippen LogP contribution in [0.3, 0.4) is 0 Å². The van der Waals surface area contributed by atoms with Crippen LogP contribution in [-0.4, -0.2) is 9.78 Å². The first-order valence-corrected chi connectivity index (χ1v) is 4.82. The average molecular weight is 201 g/mol. The molecule has 15 heavy (non-hydrogen) atoms. The zero-order valence-electron chi connectivity index (χ0n) is 9.11. The number of hydrogen-bond acceptors (Lipinski definition) is 2. The van der Waals surface area contributed by atoms with Crippen LogP contribution in [0, 0.1) is 20.0 Å². The molecule has 0 unspecified atom stereocenters. The second-order valence-corrected chi connectivity index (χ2v) is 3.61. The molecule has 0 aliphatic heterocycles. The van der Waals surface area contributed by atoms with Crippen molar-refractivity contribution in [1.82, 2.24) is 9.78 Å². The van der Waals surface area contributed by atoms with Crippen LogP contribution in [0.4, 0.5) is 0 Å². The van der Waals surface area contributed by atoms with E-state index in [-0.39, 0.29) is 0 Å². The van der Waals surface area contributed by atoms with E-state index in [1.54, 1.807) is 10.7 Å². The van der Waals surface area contributed by atoms with Crippen LogP contribution >= 0.6 is 0 Å². The van der Waals surface area contributed by atoms with Gasteiger partial charge in [0.1, 0.15) is 11.9 Å². The second kappa shape index (κ2) is 3.77. The van der Waals surface area contributed by atoms with E-state index in [4.69, 9.17) is 4.74 Å². The van der Waals surface area contributed by atoms with Gasteiger partial charge in [-0.15, -0.1) is 0 Å². The SMILES string of the molecule is Cc1ccc(C)c(Oc2c[c]nn2C)c1. The van der Waals surface area contributed by atoms with Crippen LogP contribution in [0.15, 0.2) is 24.3 Å². The number of hydrogen-bond donors (Lipinski definition) is 0. The van der Waals surface area contributed by atoms with Gasteiger partial charge in [0.05, 0.1) is 0 Å². The fourth-order valence-electron chi connectivity index (χ4n) is 1.34. The van der Waals surface area contributed by atoms with Crippen molar-refractivity contribution in [2.24, 2.45) is 7.05 Å². The number of nitrogens with zero attached hydrogens (tertiary/aromatic N) is 2. The summed E-state index contributed by atoms with van der Waals surface area (Å²) in [6.45, 7) is 4.07. The second-order valence-electron chi connectivity index (χ2n) is 3.61. The molecule has 3 heteroatoms. The molecule has 0 aliphatic rings. The van der Waals surface area contributed by atoms with E-state index in [9.17, 15) is 0 Å². The number of aryl methyl sites for hydroxylation is 3. The van der Waals surface area contributed by atoms with Gasteiger partial charge in [0.15, 0.2) is 0 Å². The zero-order valence-corrected chi connectivity index (χ0v) is 9.11. The summed E-state index contributed by atoms with van der Waals surface area (Å²) in [7, 11) is 1.83. The van der Waals surface area contributed by atoms with E-state index < -0.39 is 0 Å². The molecule has 77 valence electrons. The first-order valence-electron chi connectivity index (χ1n) is 4.82. The zero-order chi connectivity index (χ0) is 10.8. The summed E-state index contributed by atoms with van der Waals surface area (Å²) in [6.07, 6.45) is 2.74. The predicted octanol–water partition coefficient (Wildman–Crippen LogP) is 2.63. The van der Waals surface area contributed by atoms with Crippen molar-refractivity contribution in [3.05, 3.63) is 41.6 Å². The van der Waals surface area contributed by atoms with Gasteiger partial charge in [0.25, 0.3) is 0 Å². The summed E-state index contributed by atoms with van der Waals surface area (Å²) in [5.74, 6) is 1.57. The van der Waals surface area contributed by atoms with Crippen molar-refractivity contribution in [3.8, 4) is 11.6 Å². The minimum absolute atomic E-state index is 0.698. The first kappa shape index (κ1) is 9.77. The van der Waals surface area contributed by atoms with Gasteiger partial charge in [0.2, 0.25) is 5.88 Å². The summed E-state index contributed by atoms with van der Waals surface area (Å²) in [5, 5.41) is 3.93. The average Bonchev–Trinajstić information content (AvgIpc) is 2.58. The highest BCUT2D eigenvalue weighted by molar-refractivity contribution is 5.38. The maximum Gasteiger partial charge on any atom is 0.218 e. The molecule has 0 saturated carbocycles. The summed E-state index contributed by atoms with van der Waals surface area (Å²) in [6, 6.07) is 7.85. The molecule has 0 amide bonds. The third kappa shape index (κ3) is 2.01. The highest BCUT2D eigenvalue weighted by Gasteiger charge is 2.04. The lowest BCUT2D eigenvalue weighted by Crippen LogP contribution is -1.96. The van der Waals surface area contributed by atoms with Crippen LogP contribution < -0.4 is 4.74 Å². The highest BCUT2D eigenvalue weighted by atomic mass is 16.5. The molecule has 1 aromatic carbocycles. The van der Waals surface area contributed by atoms with Gasteiger partial charge < -0.3 is 4.74 Å². The van der Waals surface area contributed by atoms with E-state index in [2.05, 4.69) is 17.4 Å². The maximum atomic E-state index is 5.73. The van der Waals surface area contributed by atoms with Crippen molar-refractivity contribution < 1.29 is 4.74 Å². The Morgan fingerprint density at radius 3 is 2.80 bits per heavy atom. The lowest BCUT2D eigenvalue weighted by atomic mass is 10.1. The Morgan fingerprint density at radius 2 is 2.13 bits per heavy atom. The smallest absolute Gasteiger partial charge is 0.218 e. The van der Waals surface area contributed by atoms with E-state index in [0.717, 1.165) is 11.3 Å². The number of benzene rings is 1. The van der Waals surface area contributed by atoms with Crippen molar-refractivity contribution in [2.75, 3.05) is 0 Å². The first-order chi connectivity index (χ1) is 7.16. The van der Waals surface area contributed by atoms with E-state index in [1.165, 1.54) is 5.56 Å². The summed E-state index contributed by atoms with van der Waals surface area (Å²) < 4.78 is 7.38. The number of ether oxygens (including phenoxy) is 1. The standard InChI is InChI=1S/C12H13N2O/c1-9-4-5-10(2)11(8-9)15-12-6-7-13-14(12)3/h4-6,8H,1-3H3. The van der Waals surface area contributed by atoms with Gasteiger partial charge in [-0.3, -0.25) is 0 Å². The Balaban J connectivity index is 2.32. The van der Waals surface area contributed by atoms with Crippen LogP contribution in [0.5, 0.6) is 11.6 Å². The van der Waals surface area contributed by atoms with Crippen LogP contribution in [0.25, 0.3) is 0 Å². The fourth-order valence-corrected chi connectivity index (χ4v) is 1.34. The Bertz CT molecular complexity index is 474. The van der Waals surface area contributed by atoms with Gasteiger partial charge in [-0.2, -0.15) is 5.10 Å². The van der Waals surface area contributed by atoms with Crippen LogP contribution in [-0.2, 0) is 7.05 Å². The number of aromatic nitrogens is 2. The van der Waals surface area contributed by atoms with Crippen molar-refractivity contribution in [3.63, 3.8) is 0 Å². The van der Waals surface area contributed by atoms with Crippen molar-refractivity contribution in [1.29, 1.82) is 0 Å². The van der Waals surface area contributed by atoms with Crippen LogP contribution in [0.2, 0.25) is 0 Å². The monoisotopic (exact) mass is 201 g/mol. The predicted molar refractivity (Wildman–Crippen MR) is 58.0 cm³/mol. The number of rotatable bonds is 2. The molecule has 0 aliphatic carbocycles. The molecule has 1 heterocycles. The third-order valence-electron chi connectivity index (χ3n) is 2.27. The normalized spacial score (nSPS) is 10.3. The molecular formula is C12H13N2O.